The van der Waals surface area contributed by atoms with Crippen LogP contribution in [0.2, 0.25) is 0 Å². The Hall–Kier alpha value is -2.32. The van der Waals surface area contributed by atoms with Crippen molar-refractivity contribution in [2.75, 3.05) is 6.61 Å². The lowest BCUT2D eigenvalue weighted by Gasteiger charge is -2.57. The number of carbonyl (C=O) groups excluding carboxylic acids is 1. The molecule has 1 saturated carbocycles. The van der Waals surface area contributed by atoms with Crippen LogP contribution in [0.4, 0.5) is 8.78 Å². The molecule has 2 aromatic carbocycles. The Labute approximate surface area is 191 Å². The van der Waals surface area contributed by atoms with Gasteiger partial charge in [-0.2, -0.15) is 8.78 Å². The lowest BCUT2D eigenvalue weighted by atomic mass is 9.45. The van der Waals surface area contributed by atoms with Gasteiger partial charge in [0, 0.05) is 11.3 Å². The Balaban J connectivity index is 1.63. The number of fused-ring (bicyclic) bond motifs is 1. The highest BCUT2D eigenvalue weighted by molar-refractivity contribution is 7.86. The van der Waals surface area contributed by atoms with E-state index in [2.05, 4.69) is 12.1 Å². The molecule has 1 fully saturated rings. The highest BCUT2D eigenvalue weighted by Gasteiger charge is 2.60. The summed E-state index contributed by atoms with van der Waals surface area (Å²) < 4.78 is 65.2. The van der Waals surface area contributed by atoms with Gasteiger partial charge in [-0.05, 0) is 47.4 Å². The number of carbonyl (C=O) groups is 1. The fourth-order valence-electron chi connectivity index (χ4n) is 6.61. The van der Waals surface area contributed by atoms with Gasteiger partial charge in [0.2, 0.25) is 0 Å². The third-order valence-corrected chi connectivity index (χ3v) is 8.72. The van der Waals surface area contributed by atoms with E-state index in [0.29, 0.717) is 6.42 Å². The standard InChI is InChI=1S/C25H26F2O5S/c26-24(27,33(29,30)31)15-32-23(28)22-14-19-17-10-4-6-12-20(17)25(22,16-8-2-1-3-9-16)21-13-7-5-11-18(19)21/h4-7,10-13,16,19,22H,1-3,8-9,14-15H2,(H,29,30,31)/p-1. The summed E-state index contributed by atoms with van der Waals surface area (Å²) in [5, 5.41) is -4.66. The van der Waals surface area contributed by atoms with E-state index in [-0.39, 0.29) is 11.8 Å². The molecule has 2 aromatic rings. The summed E-state index contributed by atoms with van der Waals surface area (Å²) in [6.45, 7) is -1.76. The number of rotatable bonds is 5. The molecule has 5 nitrogen and oxygen atoms in total. The molecule has 4 aliphatic rings. The summed E-state index contributed by atoms with van der Waals surface area (Å²) in [6, 6.07) is 16.0. The van der Waals surface area contributed by atoms with Crippen molar-refractivity contribution in [2.45, 2.75) is 55.1 Å². The highest BCUT2D eigenvalue weighted by atomic mass is 32.2. The fraction of sp³-hybridized carbons (Fsp3) is 0.480. The monoisotopic (exact) mass is 475 g/mol. The summed E-state index contributed by atoms with van der Waals surface area (Å²) in [5.41, 5.74) is 3.65. The second-order valence-electron chi connectivity index (χ2n) is 9.42. The van der Waals surface area contributed by atoms with Crippen LogP contribution < -0.4 is 0 Å². The van der Waals surface area contributed by atoms with Crippen molar-refractivity contribution in [3.8, 4) is 0 Å². The van der Waals surface area contributed by atoms with Crippen molar-refractivity contribution in [2.24, 2.45) is 11.8 Å². The summed E-state index contributed by atoms with van der Waals surface area (Å²) in [7, 11) is -5.93. The molecule has 0 heterocycles. The van der Waals surface area contributed by atoms with Crippen LogP contribution in [0, 0.1) is 11.8 Å². The van der Waals surface area contributed by atoms with Gasteiger partial charge >= 0.3 is 11.2 Å². The third-order valence-electron chi connectivity index (χ3n) is 7.87. The maximum absolute atomic E-state index is 13.8. The first-order chi connectivity index (χ1) is 15.7. The normalized spacial score (nSPS) is 27.0. The summed E-state index contributed by atoms with van der Waals surface area (Å²) >= 11 is 0. The fourth-order valence-corrected chi connectivity index (χ4v) is 6.81. The number of hydrogen-bond acceptors (Lipinski definition) is 5. The van der Waals surface area contributed by atoms with Crippen molar-refractivity contribution in [1.82, 2.24) is 0 Å². The molecule has 6 rings (SSSR count). The second kappa shape index (κ2) is 7.87. The van der Waals surface area contributed by atoms with Gasteiger partial charge in [-0.3, -0.25) is 4.79 Å². The molecule has 0 saturated heterocycles. The Kier molecular flexibility index (Phi) is 5.36. The van der Waals surface area contributed by atoms with E-state index in [0.717, 1.165) is 54.4 Å². The first-order valence-electron chi connectivity index (χ1n) is 11.4. The van der Waals surface area contributed by atoms with E-state index in [4.69, 9.17) is 4.74 Å². The minimum atomic E-state index is -5.93. The molecule has 1 atom stereocenters. The predicted molar refractivity (Wildman–Crippen MR) is 116 cm³/mol. The van der Waals surface area contributed by atoms with Crippen molar-refractivity contribution >= 4 is 16.1 Å². The van der Waals surface area contributed by atoms with Crippen LogP contribution >= 0.6 is 0 Å². The van der Waals surface area contributed by atoms with E-state index < -0.39 is 39.3 Å². The van der Waals surface area contributed by atoms with Gasteiger partial charge in [0.05, 0.1) is 5.92 Å². The van der Waals surface area contributed by atoms with Gasteiger partial charge in [0.15, 0.2) is 16.7 Å². The van der Waals surface area contributed by atoms with Crippen molar-refractivity contribution in [1.29, 1.82) is 0 Å². The first-order valence-corrected chi connectivity index (χ1v) is 12.8. The van der Waals surface area contributed by atoms with Crippen molar-refractivity contribution < 1.29 is 31.3 Å². The van der Waals surface area contributed by atoms with E-state index >= 15 is 0 Å². The van der Waals surface area contributed by atoms with Crippen LogP contribution in [0.3, 0.4) is 0 Å². The van der Waals surface area contributed by atoms with Crippen LogP contribution in [-0.4, -0.2) is 30.8 Å². The summed E-state index contributed by atoms with van der Waals surface area (Å²) in [4.78, 5) is 13.4. The average Bonchev–Trinajstić information content (AvgIpc) is 2.82. The Morgan fingerprint density at radius 2 is 1.55 bits per heavy atom. The van der Waals surface area contributed by atoms with E-state index in [1.165, 1.54) is 0 Å². The minimum absolute atomic E-state index is 0.0795. The van der Waals surface area contributed by atoms with Gasteiger partial charge in [-0.25, -0.2) is 8.42 Å². The number of alkyl halides is 2. The molecule has 33 heavy (non-hydrogen) atoms. The zero-order chi connectivity index (χ0) is 23.4. The van der Waals surface area contributed by atoms with E-state index in [1.807, 2.05) is 36.4 Å². The smallest absolute Gasteiger partial charge is 0.367 e. The van der Waals surface area contributed by atoms with Crippen LogP contribution in [0.1, 0.15) is 66.7 Å². The van der Waals surface area contributed by atoms with Gasteiger partial charge in [0.25, 0.3) is 0 Å². The molecule has 1 unspecified atom stereocenters. The van der Waals surface area contributed by atoms with Gasteiger partial charge in [-0.1, -0.05) is 67.8 Å². The average molecular weight is 476 g/mol. The largest absolute Gasteiger partial charge is 0.743 e. The second-order valence-corrected chi connectivity index (χ2v) is 10.9. The molecular formula is C25H25F2O5S-. The molecule has 2 bridgehead atoms. The predicted octanol–water partition coefficient (Wildman–Crippen LogP) is 4.70. The van der Waals surface area contributed by atoms with E-state index in [1.54, 1.807) is 0 Å². The van der Waals surface area contributed by atoms with Gasteiger partial charge < -0.3 is 9.29 Å². The van der Waals surface area contributed by atoms with Crippen LogP contribution in [0.15, 0.2) is 48.5 Å². The first kappa shape index (κ1) is 22.5. The molecule has 0 aliphatic heterocycles. The van der Waals surface area contributed by atoms with Crippen molar-refractivity contribution in [3.63, 3.8) is 0 Å². The highest BCUT2D eigenvalue weighted by Crippen LogP contribution is 2.64. The minimum Gasteiger partial charge on any atom is -0.743 e. The third kappa shape index (κ3) is 3.33. The molecule has 0 spiro atoms. The van der Waals surface area contributed by atoms with Crippen LogP contribution in [0.5, 0.6) is 0 Å². The Bertz CT molecular complexity index is 1140. The molecule has 4 aliphatic carbocycles. The molecule has 0 N–H and O–H groups in total. The van der Waals surface area contributed by atoms with E-state index in [9.17, 15) is 26.5 Å². The lowest BCUT2D eigenvalue weighted by molar-refractivity contribution is -0.159. The summed E-state index contributed by atoms with van der Waals surface area (Å²) in [6.07, 6.45) is 5.37. The van der Waals surface area contributed by atoms with Crippen LogP contribution in [-0.2, 0) is 25.1 Å². The van der Waals surface area contributed by atoms with Gasteiger partial charge in [0.1, 0.15) is 0 Å². The zero-order valence-corrected chi connectivity index (χ0v) is 18.8. The number of ether oxygens (including phenoxy) is 1. The Morgan fingerprint density at radius 1 is 1.00 bits per heavy atom. The molecule has 8 heteroatoms. The summed E-state index contributed by atoms with van der Waals surface area (Å²) in [5.74, 6) is -1.56. The number of benzene rings is 2. The zero-order valence-electron chi connectivity index (χ0n) is 18.0. The quantitative estimate of drug-likeness (QED) is 0.462. The molecule has 176 valence electrons. The molecule has 0 aromatic heterocycles. The molecular weight excluding hydrogens is 450 g/mol. The Morgan fingerprint density at radius 3 is 2.09 bits per heavy atom. The number of hydrogen-bond donors (Lipinski definition) is 0. The van der Waals surface area contributed by atoms with Crippen molar-refractivity contribution in [3.05, 3.63) is 70.8 Å². The van der Waals surface area contributed by atoms with Gasteiger partial charge in [-0.15, -0.1) is 0 Å². The maximum Gasteiger partial charge on any atom is 0.367 e. The number of halogens is 2. The SMILES string of the molecule is O=C(OCC(F)(F)S(=O)(=O)[O-])C1CC2c3ccccc3C1(C1CCCCC1)c1ccccc12. The maximum atomic E-state index is 13.8. The molecule has 0 amide bonds. The topological polar surface area (TPSA) is 83.5 Å². The lowest BCUT2D eigenvalue weighted by Crippen LogP contribution is -2.55. The number of esters is 1. The van der Waals surface area contributed by atoms with Crippen LogP contribution in [0.25, 0.3) is 0 Å². The molecule has 0 radical (unpaired) electrons.